The third-order valence-corrected chi connectivity index (χ3v) is 5.23. The van der Waals surface area contributed by atoms with Gasteiger partial charge in [0.15, 0.2) is 0 Å². The Kier molecular flexibility index (Phi) is 7.25. The summed E-state index contributed by atoms with van der Waals surface area (Å²) in [5, 5.41) is 2.78. The van der Waals surface area contributed by atoms with Crippen molar-refractivity contribution in [3.63, 3.8) is 0 Å². The summed E-state index contributed by atoms with van der Waals surface area (Å²) in [7, 11) is 1.64. The van der Waals surface area contributed by atoms with Crippen molar-refractivity contribution in [2.24, 2.45) is 0 Å². The van der Waals surface area contributed by atoms with Gasteiger partial charge in [0.1, 0.15) is 5.75 Å². The van der Waals surface area contributed by atoms with Gasteiger partial charge in [-0.25, -0.2) is 0 Å². The van der Waals surface area contributed by atoms with Crippen LogP contribution in [0.2, 0.25) is 0 Å². The first-order valence-electron chi connectivity index (χ1n) is 10.0. The number of anilines is 1. The molecule has 154 valence electrons. The van der Waals surface area contributed by atoms with E-state index in [1.165, 1.54) is 12.5 Å². The molecule has 2 aromatic carbocycles. The Bertz CT molecular complexity index is 810. The first-order chi connectivity index (χ1) is 14.0. The van der Waals surface area contributed by atoms with Gasteiger partial charge in [0.05, 0.1) is 13.5 Å². The van der Waals surface area contributed by atoms with E-state index in [2.05, 4.69) is 22.3 Å². The fourth-order valence-corrected chi connectivity index (χ4v) is 3.50. The Balaban J connectivity index is 1.40. The van der Waals surface area contributed by atoms with E-state index in [-0.39, 0.29) is 11.8 Å². The highest BCUT2D eigenvalue weighted by atomic mass is 16.5. The fraction of sp³-hybridized carbons (Fsp3) is 0.391. The number of hydrogen-bond acceptors (Lipinski definition) is 4. The number of rotatable bonds is 7. The Morgan fingerprint density at radius 3 is 2.14 bits per heavy atom. The van der Waals surface area contributed by atoms with E-state index in [0.29, 0.717) is 6.42 Å². The summed E-state index contributed by atoms with van der Waals surface area (Å²) in [6, 6.07) is 15.7. The summed E-state index contributed by atoms with van der Waals surface area (Å²) in [6.45, 7) is 5.83. The lowest BCUT2D eigenvalue weighted by Crippen LogP contribution is -2.49. The maximum atomic E-state index is 12.6. The molecular weight excluding hydrogens is 366 g/mol. The first-order valence-corrected chi connectivity index (χ1v) is 10.0. The molecule has 0 spiro atoms. The highest BCUT2D eigenvalue weighted by molar-refractivity contribution is 5.88. The van der Waals surface area contributed by atoms with Crippen molar-refractivity contribution in [1.82, 2.24) is 9.80 Å². The standard InChI is InChI=1S/C23H29N3O3/c1-18(27)24-21-7-3-19(4-8-21)11-12-25-13-15-26(16-14-25)23(28)17-20-5-9-22(29-2)10-6-20/h3-10H,11-17H2,1-2H3,(H,24,27). The fourth-order valence-electron chi connectivity index (χ4n) is 3.50. The third kappa shape index (κ3) is 6.32. The van der Waals surface area contributed by atoms with Crippen LogP contribution in [0.15, 0.2) is 48.5 Å². The van der Waals surface area contributed by atoms with E-state index in [4.69, 9.17) is 4.74 Å². The minimum Gasteiger partial charge on any atom is -0.497 e. The zero-order valence-electron chi connectivity index (χ0n) is 17.2. The predicted octanol–water partition coefficient (Wildman–Crippen LogP) is 2.58. The van der Waals surface area contributed by atoms with Crippen LogP contribution >= 0.6 is 0 Å². The number of amides is 2. The molecule has 0 aromatic heterocycles. The second-order valence-corrected chi connectivity index (χ2v) is 7.38. The van der Waals surface area contributed by atoms with Crippen LogP contribution in [0.25, 0.3) is 0 Å². The molecule has 0 unspecified atom stereocenters. The van der Waals surface area contributed by atoms with E-state index < -0.39 is 0 Å². The molecule has 1 heterocycles. The zero-order valence-corrected chi connectivity index (χ0v) is 17.2. The van der Waals surface area contributed by atoms with Crippen LogP contribution < -0.4 is 10.1 Å². The Morgan fingerprint density at radius 1 is 0.931 bits per heavy atom. The second-order valence-electron chi connectivity index (χ2n) is 7.38. The Morgan fingerprint density at radius 2 is 1.55 bits per heavy atom. The van der Waals surface area contributed by atoms with E-state index >= 15 is 0 Å². The van der Waals surface area contributed by atoms with Gasteiger partial charge in [-0.15, -0.1) is 0 Å². The average Bonchev–Trinajstić information content (AvgIpc) is 2.74. The molecule has 6 nitrogen and oxygen atoms in total. The number of benzene rings is 2. The lowest BCUT2D eigenvalue weighted by Gasteiger charge is -2.34. The number of ether oxygens (including phenoxy) is 1. The molecule has 1 aliphatic heterocycles. The van der Waals surface area contributed by atoms with E-state index in [0.717, 1.165) is 56.1 Å². The number of methoxy groups -OCH3 is 1. The molecule has 0 atom stereocenters. The van der Waals surface area contributed by atoms with Gasteiger partial charge < -0.3 is 15.0 Å². The van der Waals surface area contributed by atoms with Crippen LogP contribution in [-0.2, 0) is 22.4 Å². The smallest absolute Gasteiger partial charge is 0.227 e. The van der Waals surface area contributed by atoms with Gasteiger partial charge in [-0.3, -0.25) is 14.5 Å². The zero-order chi connectivity index (χ0) is 20.6. The molecule has 1 aliphatic rings. The molecule has 2 amide bonds. The van der Waals surface area contributed by atoms with Crippen LogP contribution in [0.5, 0.6) is 5.75 Å². The average molecular weight is 396 g/mol. The highest BCUT2D eigenvalue weighted by Crippen LogP contribution is 2.14. The minimum absolute atomic E-state index is 0.0582. The van der Waals surface area contributed by atoms with Crippen molar-refractivity contribution in [1.29, 1.82) is 0 Å². The highest BCUT2D eigenvalue weighted by Gasteiger charge is 2.21. The summed E-state index contributed by atoms with van der Waals surface area (Å²) in [5.74, 6) is 0.931. The summed E-state index contributed by atoms with van der Waals surface area (Å²) < 4.78 is 5.16. The lowest BCUT2D eigenvalue weighted by atomic mass is 10.1. The lowest BCUT2D eigenvalue weighted by molar-refractivity contribution is -0.132. The van der Waals surface area contributed by atoms with Crippen LogP contribution in [0.3, 0.4) is 0 Å². The quantitative estimate of drug-likeness (QED) is 0.783. The van der Waals surface area contributed by atoms with E-state index in [1.807, 2.05) is 41.3 Å². The number of carbonyl (C=O) groups excluding carboxylic acids is 2. The van der Waals surface area contributed by atoms with Gasteiger partial charge >= 0.3 is 0 Å². The minimum atomic E-state index is -0.0582. The van der Waals surface area contributed by atoms with Crippen LogP contribution in [0.1, 0.15) is 18.1 Å². The van der Waals surface area contributed by atoms with Gasteiger partial charge in [0, 0.05) is 45.3 Å². The van der Waals surface area contributed by atoms with Crippen molar-refractivity contribution in [3.05, 3.63) is 59.7 Å². The van der Waals surface area contributed by atoms with Gasteiger partial charge in [-0.1, -0.05) is 24.3 Å². The predicted molar refractivity (Wildman–Crippen MR) is 114 cm³/mol. The summed E-state index contributed by atoms with van der Waals surface area (Å²) in [5.41, 5.74) is 3.09. The molecule has 0 bridgehead atoms. The van der Waals surface area contributed by atoms with Crippen molar-refractivity contribution in [3.8, 4) is 5.75 Å². The Labute approximate surface area is 172 Å². The Hall–Kier alpha value is -2.86. The summed E-state index contributed by atoms with van der Waals surface area (Å²) in [6.07, 6.45) is 1.39. The molecule has 29 heavy (non-hydrogen) atoms. The topological polar surface area (TPSA) is 61.9 Å². The van der Waals surface area contributed by atoms with Gasteiger partial charge in [0.2, 0.25) is 11.8 Å². The number of carbonyl (C=O) groups is 2. The van der Waals surface area contributed by atoms with E-state index in [9.17, 15) is 9.59 Å². The van der Waals surface area contributed by atoms with Crippen molar-refractivity contribution in [2.75, 3.05) is 45.2 Å². The number of hydrogen-bond donors (Lipinski definition) is 1. The number of nitrogens with one attached hydrogen (secondary N) is 1. The molecule has 0 saturated carbocycles. The van der Waals surface area contributed by atoms with Crippen molar-refractivity contribution in [2.45, 2.75) is 19.8 Å². The monoisotopic (exact) mass is 395 g/mol. The van der Waals surface area contributed by atoms with Crippen molar-refractivity contribution < 1.29 is 14.3 Å². The SMILES string of the molecule is COc1ccc(CC(=O)N2CCN(CCc3ccc(NC(C)=O)cc3)CC2)cc1. The number of nitrogens with zero attached hydrogens (tertiary/aromatic N) is 2. The molecule has 6 heteroatoms. The molecule has 1 fully saturated rings. The maximum absolute atomic E-state index is 12.6. The van der Waals surface area contributed by atoms with Crippen molar-refractivity contribution >= 4 is 17.5 Å². The second kappa shape index (κ2) is 10.1. The van der Waals surface area contributed by atoms with Crippen LogP contribution in [-0.4, -0.2) is 61.4 Å². The van der Waals surface area contributed by atoms with Gasteiger partial charge in [0.25, 0.3) is 0 Å². The summed E-state index contributed by atoms with van der Waals surface area (Å²) >= 11 is 0. The van der Waals surface area contributed by atoms with Crippen LogP contribution in [0, 0.1) is 0 Å². The third-order valence-electron chi connectivity index (χ3n) is 5.23. The molecule has 3 rings (SSSR count). The molecular formula is C23H29N3O3. The number of piperazine rings is 1. The normalized spacial score (nSPS) is 14.5. The maximum Gasteiger partial charge on any atom is 0.227 e. The molecule has 1 saturated heterocycles. The van der Waals surface area contributed by atoms with Gasteiger partial charge in [-0.05, 0) is 41.8 Å². The summed E-state index contributed by atoms with van der Waals surface area (Å²) in [4.78, 5) is 28.0. The van der Waals surface area contributed by atoms with E-state index in [1.54, 1.807) is 7.11 Å². The molecule has 0 aliphatic carbocycles. The largest absolute Gasteiger partial charge is 0.497 e. The molecule has 1 N–H and O–H groups in total. The molecule has 0 radical (unpaired) electrons. The first kappa shape index (κ1) is 20.9. The van der Waals surface area contributed by atoms with Gasteiger partial charge in [-0.2, -0.15) is 0 Å². The molecule has 2 aromatic rings. The van der Waals surface area contributed by atoms with Crippen LogP contribution in [0.4, 0.5) is 5.69 Å².